The van der Waals surface area contributed by atoms with Gasteiger partial charge in [-0.2, -0.15) is 4.57 Å². The van der Waals surface area contributed by atoms with Gasteiger partial charge in [0, 0.05) is 19.0 Å². The van der Waals surface area contributed by atoms with Gasteiger partial charge in [-0.3, -0.25) is 0 Å². The van der Waals surface area contributed by atoms with Crippen LogP contribution in [0.1, 0.15) is 18.7 Å². The summed E-state index contributed by atoms with van der Waals surface area (Å²) in [6, 6.07) is 16.5. The van der Waals surface area contributed by atoms with Gasteiger partial charge in [0.05, 0.1) is 73.6 Å². The van der Waals surface area contributed by atoms with E-state index in [9.17, 15) is 0 Å². The lowest BCUT2D eigenvalue weighted by Crippen LogP contribution is -2.40. The molecule has 4 rings (SSSR count). The van der Waals surface area contributed by atoms with Crippen LogP contribution >= 0.6 is 0 Å². The Morgan fingerprint density at radius 2 is 1.54 bits per heavy atom. The van der Waals surface area contributed by atoms with Gasteiger partial charge in [0.15, 0.2) is 12.3 Å². The first-order valence-electron chi connectivity index (χ1n) is 12.6. The van der Waals surface area contributed by atoms with Crippen molar-refractivity contribution in [1.29, 1.82) is 0 Å². The van der Waals surface area contributed by atoms with Crippen molar-refractivity contribution in [3.05, 3.63) is 72.5 Å². The molecule has 0 N–H and O–H groups in total. The third-order valence-electron chi connectivity index (χ3n) is 6.17. The molecule has 1 aromatic heterocycles. The van der Waals surface area contributed by atoms with Crippen molar-refractivity contribution in [2.45, 2.75) is 19.4 Å². The molecule has 6 heteroatoms. The molecule has 0 aliphatic carbocycles. The van der Waals surface area contributed by atoms with Gasteiger partial charge >= 0.3 is 5.89 Å². The first-order chi connectivity index (χ1) is 16.6. The molecule has 1 aliphatic heterocycles. The fourth-order valence-electron chi connectivity index (χ4n) is 4.43. The van der Waals surface area contributed by atoms with Crippen molar-refractivity contribution in [3.8, 4) is 5.75 Å². The SMILES string of the molecule is C[N+](C)(C)CCCN1/C(=C/C=C/c2oc3ccccc3[n+]2CCC[N+](C)(C)C)Oc2ccccc21. The molecular formula is C29H41N4O2+3. The van der Waals surface area contributed by atoms with Crippen LogP contribution in [0.4, 0.5) is 5.69 Å². The van der Waals surface area contributed by atoms with E-state index in [0.717, 1.165) is 82.3 Å². The van der Waals surface area contributed by atoms with Gasteiger partial charge in [-0.1, -0.05) is 24.3 Å². The Kier molecular flexibility index (Phi) is 7.33. The van der Waals surface area contributed by atoms with E-state index in [2.05, 4.69) is 88.2 Å². The smallest absolute Gasteiger partial charge is 0.374 e. The highest BCUT2D eigenvalue weighted by atomic mass is 16.5. The number of ether oxygens (including phenoxy) is 1. The normalized spacial score (nSPS) is 15.4. The average molecular weight is 478 g/mol. The second-order valence-electron chi connectivity index (χ2n) is 11.4. The van der Waals surface area contributed by atoms with Gasteiger partial charge < -0.3 is 23.0 Å². The van der Waals surface area contributed by atoms with Crippen LogP contribution in [0.2, 0.25) is 0 Å². The van der Waals surface area contributed by atoms with Crippen LogP contribution in [-0.4, -0.2) is 70.9 Å². The van der Waals surface area contributed by atoms with E-state index >= 15 is 0 Å². The molecule has 0 fully saturated rings. The number of aromatic nitrogens is 1. The molecule has 0 bridgehead atoms. The second-order valence-corrected chi connectivity index (χ2v) is 11.4. The Bertz CT molecular complexity index is 1210. The molecule has 3 aromatic rings. The number of oxazole rings is 1. The summed E-state index contributed by atoms with van der Waals surface area (Å²) in [7, 11) is 13.4. The number of para-hydroxylation sites is 4. The third kappa shape index (κ3) is 6.53. The first-order valence-corrected chi connectivity index (χ1v) is 12.6. The van der Waals surface area contributed by atoms with Gasteiger partial charge in [0.1, 0.15) is 0 Å². The van der Waals surface area contributed by atoms with Crippen LogP contribution in [-0.2, 0) is 6.54 Å². The summed E-state index contributed by atoms with van der Waals surface area (Å²) in [4.78, 5) is 2.28. The van der Waals surface area contributed by atoms with E-state index in [1.165, 1.54) is 0 Å². The van der Waals surface area contributed by atoms with Crippen LogP contribution < -0.4 is 14.2 Å². The number of rotatable bonds is 10. The zero-order chi connectivity index (χ0) is 25.1. The van der Waals surface area contributed by atoms with Crippen molar-refractivity contribution >= 4 is 22.9 Å². The Balaban J connectivity index is 1.55. The van der Waals surface area contributed by atoms with Crippen molar-refractivity contribution in [2.75, 3.05) is 66.8 Å². The molecule has 0 atom stereocenters. The minimum absolute atomic E-state index is 0.858. The molecule has 0 radical (unpaired) electrons. The molecule has 0 amide bonds. The second kappa shape index (κ2) is 10.3. The molecule has 35 heavy (non-hydrogen) atoms. The molecular weight excluding hydrogens is 436 g/mol. The van der Waals surface area contributed by atoms with Crippen LogP contribution in [0.5, 0.6) is 5.75 Å². The summed E-state index contributed by atoms with van der Waals surface area (Å²) in [5, 5.41) is 0. The van der Waals surface area contributed by atoms with Crippen molar-refractivity contribution in [3.63, 3.8) is 0 Å². The summed E-state index contributed by atoms with van der Waals surface area (Å²) in [5.74, 6) is 2.63. The summed E-state index contributed by atoms with van der Waals surface area (Å²) in [6.07, 6.45) is 8.31. The van der Waals surface area contributed by atoms with Crippen LogP contribution in [0.3, 0.4) is 0 Å². The summed E-state index contributed by atoms with van der Waals surface area (Å²) in [6.45, 7) is 4.05. The Morgan fingerprint density at radius 3 is 2.31 bits per heavy atom. The highest BCUT2D eigenvalue weighted by Crippen LogP contribution is 2.38. The van der Waals surface area contributed by atoms with Crippen LogP contribution in [0, 0.1) is 0 Å². The van der Waals surface area contributed by atoms with E-state index in [-0.39, 0.29) is 0 Å². The number of fused-ring (bicyclic) bond motifs is 2. The standard InChI is InChI=1S/C29H41N4O2/c1-32(2,3)22-12-20-30-24-14-7-9-16-26(24)34-28(30)18-11-19-29-31(21-13-23-33(4,5)6)25-15-8-10-17-27(25)35-29/h7-11,14-19H,12-13,20-23H2,1-6H3/q+3. The monoisotopic (exact) mass is 477 g/mol. The molecule has 0 spiro atoms. The quantitative estimate of drug-likeness (QED) is 0.314. The highest BCUT2D eigenvalue weighted by Gasteiger charge is 2.26. The fourth-order valence-corrected chi connectivity index (χ4v) is 4.43. The molecule has 6 nitrogen and oxygen atoms in total. The largest absolute Gasteiger partial charge is 0.439 e. The predicted molar refractivity (Wildman–Crippen MR) is 143 cm³/mol. The number of allylic oxidation sites excluding steroid dienone is 2. The Morgan fingerprint density at radius 1 is 0.857 bits per heavy atom. The average Bonchev–Trinajstić information content (AvgIpc) is 3.30. The fraction of sp³-hybridized carbons (Fsp3) is 0.414. The van der Waals surface area contributed by atoms with Gasteiger partial charge in [0.2, 0.25) is 11.5 Å². The maximum Gasteiger partial charge on any atom is 0.374 e. The summed E-state index contributed by atoms with van der Waals surface area (Å²) in [5.41, 5.74) is 3.18. The predicted octanol–water partition coefficient (Wildman–Crippen LogP) is 4.67. The molecule has 0 saturated heterocycles. The third-order valence-corrected chi connectivity index (χ3v) is 6.17. The van der Waals surface area contributed by atoms with Crippen molar-refractivity contribution in [1.82, 2.24) is 0 Å². The lowest BCUT2D eigenvalue weighted by Gasteiger charge is -2.25. The number of hydrogen-bond donors (Lipinski definition) is 0. The van der Waals surface area contributed by atoms with Gasteiger partial charge in [-0.15, -0.1) is 0 Å². The molecule has 2 aromatic carbocycles. The highest BCUT2D eigenvalue weighted by molar-refractivity contribution is 5.70. The maximum absolute atomic E-state index is 6.22. The number of benzene rings is 2. The topological polar surface area (TPSA) is 29.5 Å². The summed E-state index contributed by atoms with van der Waals surface area (Å²) < 4.78 is 16.6. The lowest BCUT2D eigenvalue weighted by molar-refractivity contribution is -0.873. The minimum atomic E-state index is 0.858. The molecule has 0 unspecified atom stereocenters. The summed E-state index contributed by atoms with van der Waals surface area (Å²) >= 11 is 0. The van der Waals surface area contributed by atoms with Crippen molar-refractivity contribution < 1.29 is 22.7 Å². The zero-order valence-electron chi connectivity index (χ0n) is 22.2. The van der Waals surface area contributed by atoms with E-state index in [4.69, 9.17) is 9.15 Å². The van der Waals surface area contributed by atoms with E-state index in [1.807, 2.05) is 30.3 Å². The molecule has 186 valence electrons. The van der Waals surface area contributed by atoms with Crippen LogP contribution in [0.15, 0.2) is 71.0 Å². The van der Waals surface area contributed by atoms with E-state index < -0.39 is 0 Å². The van der Waals surface area contributed by atoms with Crippen molar-refractivity contribution in [2.24, 2.45) is 0 Å². The Hall–Kier alpha value is -3.09. The van der Waals surface area contributed by atoms with Gasteiger partial charge in [-0.25, -0.2) is 0 Å². The minimum Gasteiger partial charge on any atom is -0.439 e. The number of aryl methyl sites for hydroxylation is 1. The molecule has 0 saturated carbocycles. The number of quaternary nitrogens is 2. The maximum atomic E-state index is 6.22. The number of hydrogen-bond acceptors (Lipinski definition) is 3. The number of nitrogens with zero attached hydrogens (tertiary/aromatic N) is 4. The van der Waals surface area contributed by atoms with Crippen LogP contribution in [0.25, 0.3) is 17.2 Å². The first kappa shape index (κ1) is 25.0. The van der Waals surface area contributed by atoms with E-state index in [0.29, 0.717) is 0 Å². The van der Waals surface area contributed by atoms with Gasteiger partial charge in [-0.05, 0) is 30.4 Å². The van der Waals surface area contributed by atoms with E-state index in [1.54, 1.807) is 0 Å². The van der Waals surface area contributed by atoms with Gasteiger partial charge in [0.25, 0.3) is 5.52 Å². The number of anilines is 1. The zero-order valence-corrected chi connectivity index (χ0v) is 22.2. The lowest BCUT2D eigenvalue weighted by atomic mass is 10.2. The molecule has 2 heterocycles. The molecule has 1 aliphatic rings. The Labute approximate surface area is 210 Å².